The zero-order valence-corrected chi connectivity index (χ0v) is 20.5. The van der Waals surface area contributed by atoms with Crippen molar-refractivity contribution in [3.05, 3.63) is 156 Å². The van der Waals surface area contributed by atoms with Crippen LogP contribution < -0.4 is 0 Å². The van der Waals surface area contributed by atoms with Gasteiger partial charge in [0.25, 0.3) is 0 Å². The SMILES string of the molecule is O=C1C=C[C@H](N(Cc2ccccc2)Cc2ccccc2)[C@H]1N(Cc1ccccc1)Cc1ccccc1. The summed E-state index contributed by atoms with van der Waals surface area (Å²) >= 11 is 0. The molecule has 4 aromatic carbocycles. The van der Waals surface area contributed by atoms with Gasteiger partial charge in [-0.05, 0) is 28.3 Å². The molecule has 0 N–H and O–H groups in total. The van der Waals surface area contributed by atoms with Crippen LogP contribution in [0.4, 0.5) is 0 Å². The largest absolute Gasteiger partial charge is 0.293 e. The summed E-state index contributed by atoms with van der Waals surface area (Å²) < 4.78 is 0. The first-order chi connectivity index (χ1) is 17.8. The van der Waals surface area contributed by atoms with Gasteiger partial charge in [-0.3, -0.25) is 14.6 Å². The standard InChI is InChI=1S/C33H32N2O/c36-32-22-21-31(34(23-27-13-5-1-6-14-27)24-28-15-7-2-8-16-28)33(32)35(25-29-17-9-3-10-18-29)26-30-19-11-4-12-20-30/h1-22,31,33H,23-26H2/t31-,33+/m0/s1. The molecule has 3 heteroatoms. The Morgan fingerprint density at radius 3 is 1.17 bits per heavy atom. The van der Waals surface area contributed by atoms with Crippen LogP contribution in [-0.4, -0.2) is 27.7 Å². The van der Waals surface area contributed by atoms with Crippen LogP contribution in [0.25, 0.3) is 0 Å². The second-order valence-electron chi connectivity index (χ2n) is 9.45. The molecule has 3 nitrogen and oxygen atoms in total. The minimum absolute atomic E-state index is 0.0228. The molecule has 0 unspecified atom stereocenters. The van der Waals surface area contributed by atoms with Crippen molar-refractivity contribution in [3.8, 4) is 0 Å². The molecule has 1 aliphatic rings. The molecule has 36 heavy (non-hydrogen) atoms. The maximum Gasteiger partial charge on any atom is 0.174 e. The van der Waals surface area contributed by atoms with Gasteiger partial charge in [0.05, 0.1) is 12.1 Å². The molecule has 0 spiro atoms. The Labute approximate surface area is 214 Å². The lowest BCUT2D eigenvalue weighted by Gasteiger charge is -2.38. The van der Waals surface area contributed by atoms with E-state index in [1.54, 1.807) is 6.08 Å². The van der Waals surface area contributed by atoms with Crippen molar-refractivity contribution in [3.63, 3.8) is 0 Å². The quantitative estimate of drug-likeness (QED) is 0.272. The number of ketones is 1. The fourth-order valence-corrected chi connectivity index (χ4v) is 5.07. The Morgan fingerprint density at radius 2 is 0.806 bits per heavy atom. The number of nitrogens with zero attached hydrogens (tertiary/aromatic N) is 2. The number of carbonyl (C=O) groups excluding carboxylic acids is 1. The van der Waals surface area contributed by atoms with Gasteiger partial charge in [0.2, 0.25) is 0 Å². The topological polar surface area (TPSA) is 23.6 Å². The van der Waals surface area contributed by atoms with E-state index >= 15 is 0 Å². The second kappa shape index (κ2) is 11.8. The van der Waals surface area contributed by atoms with Crippen molar-refractivity contribution < 1.29 is 4.79 Å². The van der Waals surface area contributed by atoms with Crippen LogP contribution in [0.3, 0.4) is 0 Å². The van der Waals surface area contributed by atoms with E-state index in [-0.39, 0.29) is 17.9 Å². The van der Waals surface area contributed by atoms with Crippen molar-refractivity contribution >= 4 is 5.78 Å². The van der Waals surface area contributed by atoms with E-state index in [1.165, 1.54) is 22.3 Å². The van der Waals surface area contributed by atoms with Gasteiger partial charge in [-0.25, -0.2) is 0 Å². The summed E-state index contributed by atoms with van der Waals surface area (Å²) in [5, 5.41) is 0. The summed E-state index contributed by atoms with van der Waals surface area (Å²) in [6.07, 6.45) is 3.91. The highest BCUT2D eigenvalue weighted by molar-refractivity contribution is 5.98. The molecule has 0 bridgehead atoms. The van der Waals surface area contributed by atoms with E-state index < -0.39 is 0 Å². The van der Waals surface area contributed by atoms with Crippen LogP contribution in [0.5, 0.6) is 0 Å². The molecule has 4 aromatic rings. The first kappa shape index (κ1) is 23.9. The predicted octanol–water partition coefficient (Wildman–Crippen LogP) is 6.27. The third-order valence-electron chi connectivity index (χ3n) is 6.80. The first-order valence-electron chi connectivity index (χ1n) is 12.6. The monoisotopic (exact) mass is 472 g/mol. The molecule has 0 saturated heterocycles. The molecule has 0 heterocycles. The van der Waals surface area contributed by atoms with Crippen molar-refractivity contribution in [2.45, 2.75) is 38.3 Å². The normalized spacial score (nSPS) is 17.2. The van der Waals surface area contributed by atoms with Gasteiger partial charge in [-0.1, -0.05) is 127 Å². The van der Waals surface area contributed by atoms with Crippen LogP contribution in [-0.2, 0) is 31.0 Å². The average Bonchev–Trinajstić information content (AvgIpc) is 3.31. The summed E-state index contributed by atoms with van der Waals surface area (Å²) in [4.78, 5) is 18.3. The van der Waals surface area contributed by atoms with Crippen molar-refractivity contribution in [1.82, 2.24) is 9.80 Å². The van der Waals surface area contributed by atoms with Crippen LogP contribution in [0.15, 0.2) is 133 Å². The molecule has 5 rings (SSSR count). The fourth-order valence-electron chi connectivity index (χ4n) is 5.07. The van der Waals surface area contributed by atoms with E-state index in [2.05, 4.69) is 113 Å². The van der Waals surface area contributed by atoms with Gasteiger partial charge in [0.15, 0.2) is 5.78 Å². The molecule has 0 saturated carbocycles. The average molecular weight is 473 g/mol. The summed E-state index contributed by atoms with van der Waals surface area (Å²) in [6, 6.07) is 41.8. The van der Waals surface area contributed by atoms with E-state index in [9.17, 15) is 4.79 Å². The fraction of sp³-hybridized carbons (Fsp3) is 0.182. The molecule has 0 aromatic heterocycles. The third-order valence-corrected chi connectivity index (χ3v) is 6.80. The maximum atomic E-state index is 13.5. The number of hydrogen-bond acceptors (Lipinski definition) is 3. The van der Waals surface area contributed by atoms with Gasteiger partial charge in [0, 0.05) is 26.2 Å². The van der Waals surface area contributed by atoms with E-state index in [0.717, 1.165) is 26.2 Å². The lowest BCUT2D eigenvalue weighted by atomic mass is 10.0. The highest BCUT2D eigenvalue weighted by Gasteiger charge is 2.38. The van der Waals surface area contributed by atoms with E-state index in [0.29, 0.717) is 0 Å². The zero-order valence-electron chi connectivity index (χ0n) is 20.5. The molecule has 1 aliphatic carbocycles. The number of hydrogen-bond donors (Lipinski definition) is 0. The highest BCUT2D eigenvalue weighted by atomic mass is 16.1. The Bertz CT molecular complexity index is 1170. The Balaban J connectivity index is 1.48. The highest BCUT2D eigenvalue weighted by Crippen LogP contribution is 2.27. The molecule has 2 atom stereocenters. The van der Waals surface area contributed by atoms with E-state index in [1.807, 2.05) is 24.3 Å². The number of benzene rings is 4. The molecule has 0 amide bonds. The maximum absolute atomic E-state index is 13.5. The summed E-state index contributed by atoms with van der Waals surface area (Å²) in [7, 11) is 0. The van der Waals surface area contributed by atoms with Gasteiger partial charge in [-0.15, -0.1) is 0 Å². The lowest BCUT2D eigenvalue weighted by Crippen LogP contribution is -2.51. The van der Waals surface area contributed by atoms with E-state index in [4.69, 9.17) is 0 Å². The summed E-state index contributed by atoms with van der Waals surface area (Å²) in [6.45, 7) is 2.99. The Kier molecular flexibility index (Phi) is 7.82. The zero-order chi connectivity index (χ0) is 24.6. The molecular weight excluding hydrogens is 440 g/mol. The molecule has 180 valence electrons. The number of rotatable bonds is 10. The van der Waals surface area contributed by atoms with Crippen molar-refractivity contribution in [1.29, 1.82) is 0 Å². The minimum Gasteiger partial charge on any atom is -0.293 e. The van der Waals surface area contributed by atoms with Gasteiger partial charge >= 0.3 is 0 Å². The Morgan fingerprint density at radius 1 is 0.472 bits per heavy atom. The predicted molar refractivity (Wildman–Crippen MR) is 146 cm³/mol. The second-order valence-corrected chi connectivity index (χ2v) is 9.45. The molecule has 0 radical (unpaired) electrons. The Hall–Kier alpha value is -3.79. The number of carbonyl (C=O) groups is 1. The van der Waals surface area contributed by atoms with Gasteiger partial charge in [0.1, 0.15) is 0 Å². The smallest absolute Gasteiger partial charge is 0.174 e. The van der Waals surface area contributed by atoms with Crippen LogP contribution in [0.1, 0.15) is 22.3 Å². The molecule has 0 aliphatic heterocycles. The third kappa shape index (κ3) is 6.06. The lowest BCUT2D eigenvalue weighted by molar-refractivity contribution is -0.121. The first-order valence-corrected chi connectivity index (χ1v) is 12.6. The molecule has 0 fully saturated rings. The van der Waals surface area contributed by atoms with Crippen molar-refractivity contribution in [2.75, 3.05) is 0 Å². The minimum atomic E-state index is -0.252. The van der Waals surface area contributed by atoms with Crippen LogP contribution in [0, 0.1) is 0 Å². The van der Waals surface area contributed by atoms with Crippen molar-refractivity contribution in [2.24, 2.45) is 0 Å². The summed E-state index contributed by atoms with van der Waals surface area (Å²) in [5.74, 6) is 0.179. The summed E-state index contributed by atoms with van der Waals surface area (Å²) in [5.41, 5.74) is 4.92. The van der Waals surface area contributed by atoms with Crippen LogP contribution >= 0.6 is 0 Å². The van der Waals surface area contributed by atoms with Gasteiger partial charge in [-0.2, -0.15) is 0 Å². The van der Waals surface area contributed by atoms with Gasteiger partial charge < -0.3 is 0 Å². The van der Waals surface area contributed by atoms with Crippen LogP contribution in [0.2, 0.25) is 0 Å². The molecular formula is C33H32N2O.